The summed E-state index contributed by atoms with van der Waals surface area (Å²) in [5.74, 6) is -0.441. The third kappa shape index (κ3) is 3.25. The zero-order chi connectivity index (χ0) is 11.3. The first kappa shape index (κ1) is 11.5. The summed E-state index contributed by atoms with van der Waals surface area (Å²) < 4.78 is 4.83. The first-order valence-electron chi connectivity index (χ1n) is 4.64. The molecule has 0 spiro atoms. The normalized spacial score (nSPS) is 12.1. The predicted molar refractivity (Wildman–Crippen MR) is 54.7 cm³/mol. The van der Waals surface area contributed by atoms with Gasteiger partial charge in [0, 0.05) is 25.1 Å². The Morgan fingerprint density at radius 3 is 2.80 bits per heavy atom. The van der Waals surface area contributed by atoms with Gasteiger partial charge in [-0.15, -0.1) is 0 Å². The van der Waals surface area contributed by atoms with Crippen LogP contribution in [0, 0.1) is 0 Å². The number of rotatable bonds is 5. The lowest BCUT2D eigenvalue weighted by molar-refractivity contribution is -0.126. The Bertz CT molecular complexity index is 348. The van der Waals surface area contributed by atoms with Crippen LogP contribution in [0.3, 0.4) is 0 Å². The molecule has 1 unspecified atom stereocenters. The Morgan fingerprint density at radius 2 is 2.27 bits per heavy atom. The van der Waals surface area contributed by atoms with E-state index >= 15 is 0 Å². The number of ketones is 2. The van der Waals surface area contributed by atoms with Gasteiger partial charge in [-0.25, -0.2) is 0 Å². The molecule has 0 N–H and O–H groups in total. The maximum atomic E-state index is 11.6. The van der Waals surface area contributed by atoms with Gasteiger partial charge >= 0.3 is 0 Å². The van der Waals surface area contributed by atoms with Crippen LogP contribution >= 0.6 is 0 Å². The van der Waals surface area contributed by atoms with E-state index < -0.39 is 6.10 Å². The smallest absolute Gasteiger partial charge is 0.171 e. The lowest BCUT2D eigenvalue weighted by Gasteiger charge is -2.06. The summed E-state index contributed by atoms with van der Waals surface area (Å²) in [6, 6.07) is 3.30. The van der Waals surface area contributed by atoms with Gasteiger partial charge in [-0.1, -0.05) is 0 Å². The zero-order valence-corrected chi connectivity index (χ0v) is 8.77. The maximum absolute atomic E-state index is 11.6. The van der Waals surface area contributed by atoms with Crippen LogP contribution in [-0.2, 0) is 9.53 Å². The van der Waals surface area contributed by atoms with Gasteiger partial charge in [0.1, 0.15) is 6.10 Å². The van der Waals surface area contributed by atoms with Gasteiger partial charge in [-0.2, -0.15) is 0 Å². The van der Waals surface area contributed by atoms with Crippen LogP contribution in [0.1, 0.15) is 23.7 Å². The topological polar surface area (TPSA) is 56.3 Å². The van der Waals surface area contributed by atoms with Gasteiger partial charge in [0.25, 0.3) is 0 Å². The first-order valence-corrected chi connectivity index (χ1v) is 4.64. The number of methoxy groups -OCH3 is 1. The highest BCUT2D eigenvalue weighted by Crippen LogP contribution is 2.04. The highest BCUT2D eigenvalue weighted by atomic mass is 16.5. The summed E-state index contributed by atoms with van der Waals surface area (Å²) in [5, 5.41) is 0. The van der Waals surface area contributed by atoms with Gasteiger partial charge in [0.15, 0.2) is 11.6 Å². The fourth-order valence-corrected chi connectivity index (χ4v) is 1.06. The van der Waals surface area contributed by atoms with Crippen LogP contribution in [-0.4, -0.2) is 29.8 Å². The number of hydrogen-bond donors (Lipinski definition) is 0. The third-order valence-corrected chi connectivity index (χ3v) is 2.13. The Morgan fingerprint density at radius 1 is 1.53 bits per heavy atom. The van der Waals surface area contributed by atoms with Crippen LogP contribution in [0.25, 0.3) is 0 Å². The van der Waals surface area contributed by atoms with Crippen molar-refractivity contribution in [3.8, 4) is 0 Å². The molecule has 0 amide bonds. The van der Waals surface area contributed by atoms with Crippen molar-refractivity contribution in [1.29, 1.82) is 0 Å². The molecule has 1 aromatic rings. The number of pyridine rings is 1. The molecule has 1 atom stereocenters. The van der Waals surface area contributed by atoms with Gasteiger partial charge in [-0.05, 0) is 19.1 Å². The average molecular weight is 207 g/mol. The number of aromatic nitrogens is 1. The molecule has 0 aliphatic carbocycles. The first-order chi connectivity index (χ1) is 7.15. The van der Waals surface area contributed by atoms with Crippen LogP contribution < -0.4 is 0 Å². The van der Waals surface area contributed by atoms with Gasteiger partial charge in [0.2, 0.25) is 0 Å². The molecule has 0 saturated carbocycles. The van der Waals surface area contributed by atoms with Gasteiger partial charge in [-0.3, -0.25) is 14.6 Å². The van der Waals surface area contributed by atoms with Crippen molar-refractivity contribution in [2.75, 3.05) is 7.11 Å². The van der Waals surface area contributed by atoms with Crippen molar-refractivity contribution in [1.82, 2.24) is 4.98 Å². The Labute approximate surface area is 88.3 Å². The highest BCUT2D eigenvalue weighted by molar-refractivity contribution is 6.08. The van der Waals surface area contributed by atoms with Crippen molar-refractivity contribution in [2.45, 2.75) is 19.4 Å². The quantitative estimate of drug-likeness (QED) is 0.538. The van der Waals surface area contributed by atoms with Gasteiger partial charge < -0.3 is 4.74 Å². The number of carbonyl (C=O) groups is 2. The second kappa shape index (κ2) is 5.36. The summed E-state index contributed by atoms with van der Waals surface area (Å²) in [6.45, 7) is 1.62. The van der Waals surface area contributed by atoms with Crippen molar-refractivity contribution < 1.29 is 14.3 Å². The Hall–Kier alpha value is -1.55. The summed E-state index contributed by atoms with van der Waals surface area (Å²) in [7, 11) is 1.44. The molecule has 0 aliphatic heterocycles. The lowest BCUT2D eigenvalue weighted by Crippen LogP contribution is -2.22. The monoisotopic (exact) mass is 207 g/mol. The van der Waals surface area contributed by atoms with E-state index in [4.69, 9.17) is 4.74 Å². The molecule has 1 aromatic heterocycles. The summed E-state index contributed by atoms with van der Waals surface area (Å²) in [5.41, 5.74) is 0.453. The van der Waals surface area contributed by atoms with E-state index in [1.807, 2.05) is 0 Å². The highest BCUT2D eigenvalue weighted by Gasteiger charge is 2.17. The Balaban J connectivity index is 2.61. The second-order valence-electron chi connectivity index (χ2n) is 3.19. The average Bonchev–Trinajstić information content (AvgIpc) is 2.29. The molecule has 80 valence electrons. The largest absolute Gasteiger partial charge is 0.374 e. The number of carbonyl (C=O) groups excluding carboxylic acids is 2. The van der Waals surface area contributed by atoms with E-state index in [1.165, 1.54) is 13.3 Å². The SMILES string of the molecule is COC(C)C(=O)CC(=O)c1cccnc1. The summed E-state index contributed by atoms with van der Waals surface area (Å²) in [4.78, 5) is 26.8. The minimum Gasteiger partial charge on any atom is -0.374 e. The van der Waals surface area contributed by atoms with E-state index in [0.29, 0.717) is 5.56 Å². The molecule has 15 heavy (non-hydrogen) atoms. The molecule has 0 saturated heterocycles. The molecule has 0 radical (unpaired) electrons. The molecule has 4 nitrogen and oxygen atoms in total. The molecular formula is C11H13NO3. The van der Waals surface area contributed by atoms with Crippen LogP contribution in [0.2, 0.25) is 0 Å². The van der Waals surface area contributed by atoms with Crippen LogP contribution in [0.5, 0.6) is 0 Å². The zero-order valence-electron chi connectivity index (χ0n) is 8.77. The van der Waals surface area contributed by atoms with E-state index in [2.05, 4.69) is 4.98 Å². The fourth-order valence-electron chi connectivity index (χ4n) is 1.06. The van der Waals surface area contributed by atoms with Crippen LogP contribution in [0.15, 0.2) is 24.5 Å². The molecule has 0 aliphatic rings. The van der Waals surface area contributed by atoms with E-state index in [0.717, 1.165) is 0 Å². The summed E-state index contributed by atoms with van der Waals surface area (Å²) in [6.07, 6.45) is 2.36. The van der Waals surface area contributed by atoms with Crippen molar-refractivity contribution in [3.05, 3.63) is 30.1 Å². The second-order valence-corrected chi connectivity index (χ2v) is 3.19. The minimum absolute atomic E-state index is 0.138. The maximum Gasteiger partial charge on any atom is 0.171 e. The molecule has 0 bridgehead atoms. The van der Waals surface area contributed by atoms with E-state index in [-0.39, 0.29) is 18.0 Å². The molecular weight excluding hydrogens is 194 g/mol. The van der Waals surface area contributed by atoms with Crippen molar-refractivity contribution >= 4 is 11.6 Å². The van der Waals surface area contributed by atoms with Crippen molar-refractivity contribution in [2.24, 2.45) is 0 Å². The molecule has 1 rings (SSSR count). The van der Waals surface area contributed by atoms with E-state index in [9.17, 15) is 9.59 Å². The Kier molecular flexibility index (Phi) is 4.12. The standard InChI is InChI=1S/C11H13NO3/c1-8(15-2)10(13)6-11(14)9-4-3-5-12-7-9/h3-5,7-8H,6H2,1-2H3. The van der Waals surface area contributed by atoms with Crippen LogP contribution in [0.4, 0.5) is 0 Å². The van der Waals surface area contributed by atoms with Gasteiger partial charge in [0.05, 0.1) is 6.42 Å². The molecule has 0 fully saturated rings. The predicted octanol–water partition coefficient (Wildman–Crippen LogP) is 1.26. The number of nitrogens with zero attached hydrogens (tertiary/aromatic N) is 1. The molecule has 0 aromatic carbocycles. The van der Waals surface area contributed by atoms with Crippen molar-refractivity contribution in [3.63, 3.8) is 0 Å². The summed E-state index contributed by atoms with van der Waals surface area (Å²) >= 11 is 0. The number of hydrogen-bond acceptors (Lipinski definition) is 4. The molecule has 1 heterocycles. The molecule has 4 heteroatoms. The number of Topliss-reactive ketones (excluding diaryl/α,β-unsaturated/α-hetero) is 2. The fraction of sp³-hybridized carbons (Fsp3) is 0.364. The minimum atomic E-state index is -0.536. The van der Waals surface area contributed by atoms with E-state index in [1.54, 1.807) is 25.3 Å². The lowest BCUT2D eigenvalue weighted by atomic mass is 10.1. The third-order valence-electron chi connectivity index (χ3n) is 2.13. The number of ether oxygens (including phenoxy) is 1.